The molecule has 1 fully saturated rings. The van der Waals surface area contributed by atoms with Gasteiger partial charge in [-0.3, -0.25) is 0 Å². The van der Waals surface area contributed by atoms with E-state index in [1.54, 1.807) is 12.1 Å². The van der Waals surface area contributed by atoms with E-state index >= 15 is 0 Å². The number of carboxylic acid groups (broad SMARTS) is 1. The van der Waals surface area contributed by atoms with Crippen LogP contribution in [-0.4, -0.2) is 27.4 Å². The number of carboxylic acids is 1. The van der Waals surface area contributed by atoms with Crippen molar-refractivity contribution in [3.05, 3.63) is 28.2 Å². The minimum atomic E-state index is -1.39. The summed E-state index contributed by atoms with van der Waals surface area (Å²) in [5.41, 5.74) is 0.0641. The molecule has 1 unspecified atom stereocenters. The van der Waals surface area contributed by atoms with Gasteiger partial charge in [0, 0.05) is 5.41 Å². The first-order chi connectivity index (χ1) is 7.47. The standard InChI is InChI=1S/C11H11BrO4/c12-7-5-6(1-2-8(7)13)11(3-4-11)9(14)10(15)16/h1-2,5,9,13-14H,3-4H2,(H,15,16). The van der Waals surface area contributed by atoms with Gasteiger partial charge in [0.15, 0.2) is 6.10 Å². The third-order valence-electron chi connectivity index (χ3n) is 3.07. The second-order valence-corrected chi connectivity index (χ2v) is 4.92. The van der Waals surface area contributed by atoms with E-state index in [2.05, 4.69) is 15.9 Å². The molecule has 0 heterocycles. The number of halogens is 1. The summed E-state index contributed by atoms with van der Waals surface area (Å²) in [5.74, 6) is -1.11. The molecule has 0 radical (unpaired) electrons. The number of hydrogen-bond donors (Lipinski definition) is 3. The average molecular weight is 287 g/mol. The van der Waals surface area contributed by atoms with E-state index in [0.717, 1.165) is 5.56 Å². The van der Waals surface area contributed by atoms with E-state index in [0.29, 0.717) is 17.3 Å². The molecule has 1 atom stereocenters. The average Bonchev–Trinajstić information content (AvgIpc) is 3.02. The van der Waals surface area contributed by atoms with Crippen molar-refractivity contribution in [3.8, 4) is 5.75 Å². The molecule has 3 N–H and O–H groups in total. The quantitative estimate of drug-likeness (QED) is 0.789. The lowest BCUT2D eigenvalue weighted by Crippen LogP contribution is -2.33. The maximum absolute atomic E-state index is 10.8. The van der Waals surface area contributed by atoms with E-state index in [4.69, 9.17) is 5.11 Å². The van der Waals surface area contributed by atoms with Gasteiger partial charge in [-0.1, -0.05) is 6.07 Å². The summed E-state index contributed by atoms with van der Waals surface area (Å²) in [4.78, 5) is 10.8. The molecule has 1 aliphatic rings. The first-order valence-electron chi connectivity index (χ1n) is 4.87. The predicted molar refractivity (Wildman–Crippen MR) is 60.4 cm³/mol. The molecule has 0 amide bonds. The van der Waals surface area contributed by atoms with Gasteiger partial charge in [-0.25, -0.2) is 4.79 Å². The molecule has 0 aromatic heterocycles. The van der Waals surface area contributed by atoms with Gasteiger partial charge in [0.25, 0.3) is 0 Å². The molecule has 0 aliphatic heterocycles. The Morgan fingerprint density at radius 2 is 2.06 bits per heavy atom. The molecule has 86 valence electrons. The highest BCUT2D eigenvalue weighted by molar-refractivity contribution is 9.10. The van der Waals surface area contributed by atoms with Crippen molar-refractivity contribution >= 4 is 21.9 Å². The number of phenolic OH excluding ortho intramolecular Hbond substituents is 1. The van der Waals surface area contributed by atoms with Gasteiger partial charge in [0.05, 0.1) is 4.47 Å². The van der Waals surface area contributed by atoms with Crippen LogP contribution >= 0.6 is 15.9 Å². The van der Waals surface area contributed by atoms with E-state index < -0.39 is 17.5 Å². The Balaban J connectivity index is 2.37. The van der Waals surface area contributed by atoms with E-state index in [1.165, 1.54) is 6.07 Å². The number of rotatable bonds is 3. The topological polar surface area (TPSA) is 77.8 Å². The number of hydrogen-bond acceptors (Lipinski definition) is 3. The lowest BCUT2D eigenvalue weighted by Gasteiger charge is -2.19. The Morgan fingerprint density at radius 1 is 1.44 bits per heavy atom. The zero-order valence-electron chi connectivity index (χ0n) is 8.35. The fourth-order valence-electron chi connectivity index (χ4n) is 1.91. The highest BCUT2D eigenvalue weighted by Gasteiger charge is 2.53. The van der Waals surface area contributed by atoms with Crippen molar-refractivity contribution in [1.82, 2.24) is 0 Å². The molecule has 2 rings (SSSR count). The van der Waals surface area contributed by atoms with Crippen molar-refractivity contribution in [2.24, 2.45) is 0 Å². The van der Waals surface area contributed by atoms with Gasteiger partial charge in [0.1, 0.15) is 5.75 Å². The minimum absolute atomic E-state index is 0.101. The number of aliphatic hydroxyl groups excluding tert-OH is 1. The summed E-state index contributed by atoms with van der Waals surface area (Å²) in [5, 5.41) is 27.8. The first-order valence-corrected chi connectivity index (χ1v) is 5.66. The van der Waals surface area contributed by atoms with Crippen LogP contribution in [0.1, 0.15) is 18.4 Å². The summed E-state index contributed by atoms with van der Waals surface area (Å²) in [6.45, 7) is 0. The lowest BCUT2D eigenvalue weighted by atomic mass is 9.90. The van der Waals surface area contributed by atoms with Gasteiger partial charge in [-0.15, -0.1) is 0 Å². The number of benzene rings is 1. The van der Waals surface area contributed by atoms with Crippen molar-refractivity contribution in [2.45, 2.75) is 24.4 Å². The van der Waals surface area contributed by atoms with E-state index in [9.17, 15) is 15.0 Å². The molecular formula is C11H11BrO4. The summed E-state index contributed by atoms with van der Waals surface area (Å²) >= 11 is 3.17. The molecule has 0 saturated heterocycles. The van der Waals surface area contributed by atoms with Crippen LogP contribution in [0, 0.1) is 0 Å². The number of phenols is 1. The molecule has 5 heteroatoms. The van der Waals surface area contributed by atoms with Gasteiger partial charge in [-0.2, -0.15) is 0 Å². The summed E-state index contributed by atoms with van der Waals surface area (Å²) < 4.78 is 0.508. The number of aromatic hydroxyl groups is 1. The summed E-state index contributed by atoms with van der Waals surface area (Å²) in [7, 11) is 0. The van der Waals surface area contributed by atoms with Gasteiger partial charge >= 0.3 is 5.97 Å². The van der Waals surface area contributed by atoms with Crippen LogP contribution < -0.4 is 0 Å². The zero-order valence-corrected chi connectivity index (χ0v) is 9.94. The smallest absolute Gasteiger partial charge is 0.333 e. The predicted octanol–water partition coefficient (Wildman–Crippen LogP) is 1.63. The van der Waals surface area contributed by atoms with Gasteiger partial charge < -0.3 is 15.3 Å². The zero-order chi connectivity index (χ0) is 11.9. The van der Waals surface area contributed by atoms with Crippen LogP contribution in [0.5, 0.6) is 5.75 Å². The molecule has 1 aliphatic carbocycles. The first kappa shape index (κ1) is 11.4. The maximum Gasteiger partial charge on any atom is 0.333 e. The number of aliphatic hydroxyl groups is 1. The third-order valence-corrected chi connectivity index (χ3v) is 3.70. The fourth-order valence-corrected chi connectivity index (χ4v) is 2.29. The fraction of sp³-hybridized carbons (Fsp3) is 0.364. The largest absolute Gasteiger partial charge is 0.507 e. The third kappa shape index (κ3) is 1.70. The minimum Gasteiger partial charge on any atom is -0.507 e. The highest BCUT2D eigenvalue weighted by atomic mass is 79.9. The Hall–Kier alpha value is -1.07. The van der Waals surface area contributed by atoms with Crippen molar-refractivity contribution in [1.29, 1.82) is 0 Å². The molecule has 1 aromatic carbocycles. The van der Waals surface area contributed by atoms with Crippen LogP contribution in [0.3, 0.4) is 0 Å². The molecule has 0 bridgehead atoms. The Kier molecular flexibility index (Phi) is 2.67. The molecule has 1 aromatic rings. The van der Waals surface area contributed by atoms with E-state index in [1.807, 2.05) is 0 Å². The van der Waals surface area contributed by atoms with Crippen molar-refractivity contribution < 1.29 is 20.1 Å². The molecule has 1 saturated carbocycles. The van der Waals surface area contributed by atoms with E-state index in [-0.39, 0.29) is 5.75 Å². The second kappa shape index (κ2) is 3.75. The van der Waals surface area contributed by atoms with Crippen molar-refractivity contribution in [3.63, 3.8) is 0 Å². The monoisotopic (exact) mass is 286 g/mol. The second-order valence-electron chi connectivity index (χ2n) is 4.06. The van der Waals surface area contributed by atoms with Gasteiger partial charge in [-0.05, 0) is 46.5 Å². The Bertz CT molecular complexity index is 440. The van der Waals surface area contributed by atoms with Crippen LogP contribution in [0.2, 0.25) is 0 Å². The number of carbonyl (C=O) groups is 1. The number of aliphatic carboxylic acids is 1. The maximum atomic E-state index is 10.8. The molecule has 0 spiro atoms. The lowest BCUT2D eigenvalue weighted by molar-refractivity contribution is -0.148. The molecule has 16 heavy (non-hydrogen) atoms. The highest BCUT2D eigenvalue weighted by Crippen LogP contribution is 2.52. The van der Waals surface area contributed by atoms with Gasteiger partial charge in [0.2, 0.25) is 0 Å². The Morgan fingerprint density at radius 3 is 2.50 bits per heavy atom. The van der Waals surface area contributed by atoms with Crippen LogP contribution in [0.25, 0.3) is 0 Å². The van der Waals surface area contributed by atoms with Crippen LogP contribution in [-0.2, 0) is 10.2 Å². The van der Waals surface area contributed by atoms with Crippen LogP contribution in [0.15, 0.2) is 22.7 Å². The SMILES string of the molecule is O=C(O)C(O)C1(c2ccc(O)c(Br)c2)CC1. The van der Waals surface area contributed by atoms with Crippen molar-refractivity contribution in [2.75, 3.05) is 0 Å². The Labute approximate surface area is 101 Å². The summed E-state index contributed by atoms with van der Waals surface area (Å²) in [6, 6.07) is 4.81. The normalized spacial score (nSPS) is 19.1. The van der Waals surface area contributed by atoms with Crippen LogP contribution in [0.4, 0.5) is 0 Å². The summed E-state index contributed by atoms with van der Waals surface area (Å²) in [6.07, 6.45) is -0.0843. The molecule has 4 nitrogen and oxygen atoms in total. The molecular weight excluding hydrogens is 276 g/mol.